The summed E-state index contributed by atoms with van der Waals surface area (Å²) in [6.45, 7) is 3.91. The lowest BCUT2D eigenvalue weighted by molar-refractivity contribution is 0.0939. The average molecular weight is 284 g/mol. The van der Waals surface area contributed by atoms with E-state index in [9.17, 15) is 13.2 Å². The SMILES string of the molecule is CC[C@H](C)NC(=O)c1cccc(N(C)S(C)(=O)=O)c1. The highest BCUT2D eigenvalue weighted by Crippen LogP contribution is 2.17. The monoisotopic (exact) mass is 284 g/mol. The van der Waals surface area contributed by atoms with Crippen LogP contribution in [0.4, 0.5) is 5.69 Å². The van der Waals surface area contributed by atoms with E-state index in [4.69, 9.17) is 0 Å². The Morgan fingerprint density at radius 2 is 2.05 bits per heavy atom. The number of nitrogens with one attached hydrogen (secondary N) is 1. The number of carbonyl (C=O) groups excluding carboxylic acids is 1. The summed E-state index contributed by atoms with van der Waals surface area (Å²) < 4.78 is 24.1. The van der Waals surface area contributed by atoms with Gasteiger partial charge < -0.3 is 5.32 Å². The second-order valence-corrected chi connectivity index (χ2v) is 6.58. The predicted octanol–water partition coefficient (Wildman–Crippen LogP) is 1.61. The highest BCUT2D eigenvalue weighted by molar-refractivity contribution is 7.92. The van der Waals surface area contributed by atoms with Gasteiger partial charge in [-0.1, -0.05) is 13.0 Å². The van der Waals surface area contributed by atoms with Crippen molar-refractivity contribution in [3.05, 3.63) is 29.8 Å². The Kier molecular flexibility index (Phi) is 4.94. The maximum absolute atomic E-state index is 12.0. The molecule has 0 fully saturated rings. The van der Waals surface area contributed by atoms with Crippen LogP contribution in [-0.2, 0) is 10.0 Å². The molecule has 0 bridgehead atoms. The maximum Gasteiger partial charge on any atom is 0.251 e. The number of hydrogen-bond acceptors (Lipinski definition) is 3. The number of carbonyl (C=O) groups is 1. The van der Waals surface area contributed by atoms with Gasteiger partial charge in [0.15, 0.2) is 0 Å². The molecule has 0 unspecified atom stereocenters. The Bertz CT molecular complexity index is 555. The van der Waals surface area contributed by atoms with Gasteiger partial charge >= 0.3 is 0 Å². The van der Waals surface area contributed by atoms with E-state index < -0.39 is 10.0 Å². The van der Waals surface area contributed by atoms with Crippen LogP contribution >= 0.6 is 0 Å². The fourth-order valence-corrected chi connectivity index (χ4v) is 1.94. The first-order valence-electron chi connectivity index (χ1n) is 6.10. The Balaban J connectivity index is 2.98. The normalized spacial score (nSPS) is 12.8. The molecule has 0 aromatic heterocycles. The summed E-state index contributed by atoms with van der Waals surface area (Å²) in [6.07, 6.45) is 1.97. The molecule has 0 aliphatic heterocycles. The smallest absolute Gasteiger partial charge is 0.251 e. The van der Waals surface area contributed by atoms with Crippen LogP contribution in [0.2, 0.25) is 0 Å². The predicted molar refractivity (Wildman–Crippen MR) is 76.9 cm³/mol. The van der Waals surface area contributed by atoms with Gasteiger partial charge in [0.1, 0.15) is 0 Å². The summed E-state index contributed by atoms with van der Waals surface area (Å²) in [5, 5.41) is 2.84. The van der Waals surface area contributed by atoms with Crippen molar-refractivity contribution in [1.82, 2.24) is 5.32 Å². The number of anilines is 1. The summed E-state index contributed by atoms with van der Waals surface area (Å²) in [5.41, 5.74) is 0.924. The molecule has 5 nitrogen and oxygen atoms in total. The summed E-state index contributed by atoms with van der Waals surface area (Å²) in [7, 11) is -1.87. The van der Waals surface area contributed by atoms with Gasteiger partial charge in [0.05, 0.1) is 11.9 Å². The molecule has 0 saturated heterocycles. The molecule has 19 heavy (non-hydrogen) atoms. The molecule has 0 heterocycles. The largest absolute Gasteiger partial charge is 0.350 e. The van der Waals surface area contributed by atoms with Crippen molar-refractivity contribution in [2.75, 3.05) is 17.6 Å². The number of sulfonamides is 1. The van der Waals surface area contributed by atoms with Crippen LogP contribution in [0.15, 0.2) is 24.3 Å². The number of hydrogen-bond donors (Lipinski definition) is 1. The lowest BCUT2D eigenvalue weighted by Crippen LogP contribution is -2.32. The number of benzene rings is 1. The Morgan fingerprint density at radius 1 is 1.42 bits per heavy atom. The van der Waals surface area contributed by atoms with Gasteiger partial charge in [0.25, 0.3) is 5.91 Å². The third-order valence-corrected chi connectivity index (χ3v) is 4.17. The van der Waals surface area contributed by atoms with E-state index in [0.29, 0.717) is 11.3 Å². The maximum atomic E-state index is 12.0. The first-order valence-corrected chi connectivity index (χ1v) is 7.95. The highest BCUT2D eigenvalue weighted by atomic mass is 32.2. The van der Waals surface area contributed by atoms with Crippen molar-refractivity contribution in [3.63, 3.8) is 0 Å². The molecule has 6 heteroatoms. The zero-order valence-corrected chi connectivity index (χ0v) is 12.5. The molecule has 1 atom stereocenters. The molecular weight excluding hydrogens is 264 g/mol. The van der Waals surface area contributed by atoms with E-state index in [-0.39, 0.29) is 11.9 Å². The molecule has 0 saturated carbocycles. The van der Waals surface area contributed by atoms with E-state index in [1.165, 1.54) is 7.05 Å². The van der Waals surface area contributed by atoms with Gasteiger partial charge in [-0.25, -0.2) is 8.42 Å². The van der Waals surface area contributed by atoms with Crippen molar-refractivity contribution in [2.24, 2.45) is 0 Å². The molecule has 1 N–H and O–H groups in total. The van der Waals surface area contributed by atoms with Gasteiger partial charge in [-0.2, -0.15) is 0 Å². The molecule has 1 aromatic carbocycles. The van der Waals surface area contributed by atoms with Crippen molar-refractivity contribution in [1.29, 1.82) is 0 Å². The summed E-state index contributed by atoms with van der Waals surface area (Å²) in [6, 6.07) is 6.64. The zero-order valence-electron chi connectivity index (χ0n) is 11.7. The second kappa shape index (κ2) is 6.06. The average Bonchev–Trinajstić information content (AvgIpc) is 2.36. The van der Waals surface area contributed by atoms with Crippen LogP contribution in [0.25, 0.3) is 0 Å². The van der Waals surface area contributed by atoms with Gasteiger partial charge in [-0.05, 0) is 31.5 Å². The quantitative estimate of drug-likeness (QED) is 0.893. The van der Waals surface area contributed by atoms with E-state index in [0.717, 1.165) is 17.0 Å². The third kappa shape index (κ3) is 4.24. The minimum atomic E-state index is -3.32. The molecule has 1 aromatic rings. The number of amides is 1. The van der Waals surface area contributed by atoms with E-state index in [1.807, 2.05) is 13.8 Å². The van der Waals surface area contributed by atoms with Gasteiger partial charge in [0.2, 0.25) is 10.0 Å². The Morgan fingerprint density at radius 3 is 2.58 bits per heavy atom. The molecule has 1 rings (SSSR count). The topological polar surface area (TPSA) is 66.5 Å². The van der Waals surface area contributed by atoms with Gasteiger partial charge in [0, 0.05) is 18.7 Å². The van der Waals surface area contributed by atoms with Crippen LogP contribution in [0.5, 0.6) is 0 Å². The first kappa shape index (κ1) is 15.5. The summed E-state index contributed by atoms with van der Waals surface area (Å²) in [5.74, 6) is -0.196. The Labute approximate surface area is 114 Å². The molecular formula is C13H20N2O3S. The minimum Gasteiger partial charge on any atom is -0.350 e. The number of rotatable bonds is 5. The number of nitrogens with zero attached hydrogens (tertiary/aromatic N) is 1. The fraction of sp³-hybridized carbons (Fsp3) is 0.462. The van der Waals surface area contributed by atoms with E-state index in [2.05, 4.69) is 5.32 Å². The van der Waals surface area contributed by atoms with Gasteiger partial charge in [-0.15, -0.1) is 0 Å². The van der Waals surface area contributed by atoms with Crippen LogP contribution < -0.4 is 9.62 Å². The zero-order chi connectivity index (χ0) is 14.6. The molecule has 0 spiro atoms. The molecule has 1 amide bonds. The van der Waals surface area contributed by atoms with Crippen molar-refractivity contribution in [2.45, 2.75) is 26.3 Å². The van der Waals surface area contributed by atoms with Crippen LogP contribution in [0, 0.1) is 0 Å². The van der Waals surface area contributed by atoms with E-state index >= 15 is 0 Å². The van der Waals surface area contributed by atoms with Crippen molar-refractivity contribution >= 4 is 21.6 Å². The fourth-order valence-electron chi connectivity index (χ4n) is 1.44. The van der Waals surface area contributed by atoms with Crippen molar-refractivity contribution in [3.8, 4) is 0 Å². The van der Waals surface area contributed by atoms with Gasteiger partial charge in [-0.3, -0.25) is 9.10 Å². The van der Waals surface area contributed by atoms with Crippen LogP contribution in [0.3, 0.4) is 0 Å². The van der Waals surface area contributed by atoms with Crippen LogP contribution in [-0.4, -0.2) is 33.7 Å². The third-order valence-electron chi connectivity index (χ3n) is 2.96. The Hall–Kier alpha value is -1.56. The first-order chi connectivity index (χ1) is 8.75. The van der Waals surface area contributed by atoms with Crippen molar-refractivity contribution < 1.29 is 13.2 Å². The second-order valence-electron chi connectivity index (χ2n) is 4.56. The lowest BCUT2D eigenvalue weighted by atomic mass is 10.1. The van der Waals surface area contributed by atoms with E-state index in [1.54, 1.807) is 24.3 Å². The minimum absolute atomic E-state index is 0.0868. The molecule has 0 radical (unpaired) electrons. The summed E-state index contributed by atoms with van der Waals surface area (Å²) in [4.78, 5) is 12.0. The molecule has 106 valence electrons. The highest BCUT2D eigenvalue weighted by Gasteiger charge is 2.14. The summed E-state index contributed by atoms with van der Waals surface area (Å²) >= 11 is 0. The standard InChI is InChI=1S/C13H20N2O3S/c1-5-10(2)14-13(16)11-7-6-8-12(9-11)15(3)19(4,17)18/h6-10H,5H2,1-4H3,(H,14,16)/t10-/m0/s1. The molecule has 0 aliphatic rings. The van der Waals surface area contributed by atoms with Crippen LogP contribution in [0.1, 0.15) is 30.6 Å². The lowest BCUT2D eigenvalue weighted by Gasteiger charge is -2.18. The molecule has 0 aliphatic carbocycles.